The van der Waals surface area contributed by atoms with Crippen LogP contribution in [0.3, 0.4) is 0 Å². The number of alkyl halides is 10. The van der Waals surface area contributed by atoms with E-state index in [4.69, 9.17) is 0 Å². The minimum atomic E-state index is -6.60. The van der Waals surface area contributed by atoms with E-state index in [9.17, 15) is 48.7 Å². The van der Waals surface area contributed by atoms with Crippen LogP contribution in [0.2, 0.25) is 0 Å². The average molecular weight is 542 g/mol. The number of thioether (sulfide) groups is 1. The summed E-state index contributed by atoms with van der Waals surface area (Å²) in [5.74, 6) is -14.2. The van der Waals surface area contributed by atoms with Crippen molar-refractivity contribution in [2.24, 2.45) is 0 Å². The molecule has 1 heterocycles. The molecular weight excluding hydrogens is 526 g/mol. The summed E-state index contributed by atoms with van der Waals surface area (Å²) >= 11 is 0.922. The van der Waals surface area contributed by atoms with E-state index in [0.29, 0.717) is 12.3 Å². The quantitative estimate of drug-likeness (QED) is 0.209. The van der Waals surface area contributed by atoms with Gasteiger partial charge in [-0.15, -0.1) is 11.8 Å². The van der Waals surface area contributed by atoms with Crippen LogP contribution in [-0.2, 0) is 10.9 Å². The molecule has 0 fully saturated rings. The Kier molecular flexibility index (Phi) is 8.29. The first-order chi connectivity index (χ1) is 16.0. The van der Waals surface area contributed by atoms with E-state index in [2.05, 4.69) is 14.6 Å². The number of aromatic nitrogens is 2. The maximum absolute atomic E-state index is 13.7. The van der Waals surface area contributed by atoms with Gasteiger partial charge in [-0.25, -0.2) is 9.48 Å². The maximum atomic E-state index is 13.7. The number of hydrogen-bond acceptors (Lipinski definition) is 5. The summed E-state index contributed by atoms with van der Waals surface area (Å²) in [6.07, 6.45) is -10.6. The van der Waals surface area contributed by atoms with Crippen molar-refractivity contribution in [2.45, 2.75) is 42.9 Å². The summed E-state index contributed by atoms with van der Waals surface area (Å²) in [6, 6.07) is 2.37. The topological polar surface area (TPSA) is 53.3 Å². The van der Waals surface area contributed by atoms with Gasteiger partial charge >= 0.3 is 30.2 Å². The van der Waals surface area contributed by atoms with Gasteiger partial charge in [0, 0.05) is 4.90 Å². The first-order valence-corrected chi connectivity index (χ1v) is 10.5. The first-order valence-electron chi connectivity index (χ1n) is 9.52. The lowest BCUT2D eigenvalue weighted by Gasteiger charge is -2.27. The van der Waals surface area contributed by atoms with E-state index < -0.39 is 53.8 Å². The summed E-state index contributed by atoms with van der Waals surface area (Å²) in [4.78, 5) is 12.1. The fraction of sp³-hybridized carbons (Fsp3) is 0.474. The van der Waals surface area contributed by atoms with Crippen molar-refractivity contribution >= 4 is 17.7 Å². The molecule has 0 amide bonds. The van der Waals surface area contributed by atoms with E-state index in [1.165, 1.54) is 6.92 Å². The standard InChI is InChI=1S/C19H16F10N2O3S/c1-3-33-15(32)14-12(34-9-16(20,21)18(25,26)19(27,28)29)8-31(30-14)11-6-5-10(17(22,23)24)7-13(11)35-4-2/h5-8H,3-4,9H2,1-2H3. The number of esters is 1. The minimum absolute atomic E-state index is 0.0132. The molecule has 0 aliphatic carbocycles. The molecule has 5 nitrogen and oxygen atoms in total. The third-order valence-electron chi connectivity index (χ3n) is 4.21. The highest BCUT2D eigenvalue weighted by atomic mass is 32.2. The first kappa shape index (κ1) is 28.6. The Bertz CT molecular complexity index is 1050. The lowest BCUT2D eigenvalue weighted by atomic mass is 10.2. The molecular formula is C19H16F10N2O3S. The van der Waals surface area contributed by atoms with Gasteiger partial charge < -0.3 is 9.47 Å². The number of hydrogen-bond donors (Lipinski definition) is 0. The maximum Gasteiger partial charge on any atom is 0.460 e. The molecule has 2 rings (SSSR count). The van der Waals surface area contributed by atoms with E-state index in [1.807, 2.05) is 0 Å². The van der Waals surface area contributed by atoms with E-state index in [0.717, 1.165) is 28.6 Å². The zero-order valence-corrected chi connectivity index (χ0v) is 18.6. The van der Waals surface area contributed by atoms with Crippen LogP contribution in [0.25, 0.3) is 5.69 Å². The molecule has 0 saturated carbocycles. The van der Waals surface area contributed by atoms with Crippen LogP contribution in [0.15, 0.2) is 29.3 Å². The number of halogens is 10. The molecule has 0 atom stereocenters. The van der Waals surface area contributed by atoms with Crippen molar-refractivity contribution in [1.82, 2.24) is 9.78 Å². The number of carbonyl (C=O) groups excluding carboxylic acids is 1. The highest BCUT2D eigenvalue weighted by Gasteiger charge is 2.73. The molecule has 0 aliphatic heterocycles. The fourth-order valence-electron chi connectivity index (χ4n) is 2.55. The van der Waals surface area contributed by atoms with Crippen molar-refractivity contribution in [3.63, 3.8) is 0 Å². The molecule has 35 heavy (non-hydrogen) atoms. The zero-order valence-electron chi connectivity index (χ0n) is 17.7. The Morgan fingerprint density at radius 2 is 1.66 bits per heavy atom. The van der Waals surface area contributed by atoms with Crippen LogP contribution in [0.5, 0.6) is 5.75 Å². The number of nitrogens with zero attached hydrogens (tertiary/aromatic N) is 2. The van der Waals surface area contributed by atoms with Gasteiger partial charge in [0.2, 0.25) is 5.69 Å². The van der Waals surface area contributed by atoms with Gasteiger partial charge in [0.15, 0.2) is 12.4 Å². The second kappa shape index (κ2) is 10.1. The zero-order chi connectivity index (χ0) is 26.8. The molecule has 16 heteroatoms. The van der Waals surface area contributed by atoms with Crippen LogP contribution < -0.4 is 4.74 Å². The molecule has 1 aromatic carbocycles. The van der Waals surface area contributed by atoms with E-state index in [-0.39, 0.29) is 22.9 Å². The molecule has 0 N–H and O–H groups in total. The van der Waals surface area contributed by atoms with Gasteiger partial charge in [-0.1, -0.05) is 6.92 Å². The lowest BCUT2D eigenvalue weighted by Crippen LogP contribution is -2.54. The van der Waals surface area contributed by atoms with E-state index in [1.54, 1.807) is 6.92 Å². The van der Waals surface area contributed by atoms with Crippen LogP contribution in [0.1, 0.15) is 29.9 Å². The monoisotopic (exact) mass is 542 g/mol. The lowest BCUT2D eigenvalue weighted by molar-refractivity contribution is -0.358. The Labute approximate surface area is 195 Å². The summed E-state index contributed by atoms with van der Waals surface area (Å²) < 4.78 is 140. The second-order valence-corrected chi connectivity index (χ2v) is 7.99. The summed E-state index contributed by atoms with van der Waals surface area (Å²) in [5.41, 5.74) is -1.98. The van der Waals surface area contributed by atoms with Gasteiger partial charge in [0.05, 0.1) is 24.1 Å². The molecule has 0 spiro atoms. The van der Waals surface area contributed by atoms with Crippen LogP contribution in [-0.4, -0.2) is 52.7 Å². The van der Waals surface area contributed by atoms with Crippen molar-refractivity contribution in [3.8, 4) is 11.4 Å². The smallest absolute Gasteiger partial charge is 0.460 e. The number of carbonyl (C=O) groups is 1. The highest BCUT2D eigenvalue weighted by Crippen LogP contribution is 2.46. The Morgan fingerprint density at radius 1 is 1.03 bits per heavy atom. The van der Waals surface area contributed by atoms with Gasteiger partial charge in [0.25, 0.3) is 0 Å². The Morgan fingerprint density at radius 3 is 2.17 bits per heavy atom. The van der Waals surface area contributed by atoms with Crippen molar-refractivity contribution in [2.75, 3.05) is 19.0 Å². The predicted molar refractivity (Wildman–Crippen MR) is 102 cm³/mol. The molecule has 1 aromatic heterocycles. The van der Waals surface area contributed by atoms with E-state index >= 15 is 0 Å². The largest absolute Gasteiger partial charge is 0.483 e. The van der Waals surface area contributed by atoms with Gasteiger partial charge in [-0.05, 0) is 30.9 Å². The summed E-state index contributed by atoms with van der Waals surface area (Å²) in [5, 5.41) is 3.71. The fourth-order valence-corrected chi connectivity index (χ4v) is 3.38. The SMILES string of the molecule is CCOC(=O)c1nn(-c2ccc(C(F)(F)F)cc2SCC)cc1OCC(F)(F)C(F)(F)C(F)(F)F. The normalized spacial score (nSPS) is 13.1. The third-order valence-corrected chi connectivity index (χ3v) is 5.13. The molecule has 0 unspecified atom stereocenters. The number of ether oxygens (including phenoxy) is 2. The van der Waals surface area contributed by atoms with Crippen LogP contribution >= 0.6 is 11.8 Å². The molecule has 0 saturated heterocycles. The van der Waals surface area contributed by atoms with Crippen molar-refractivity contribution in [3.05, 3.63) is 35.7 Å². The van der Waals surface area contributed by atoms with Crippen LogP contribution in [0.4, 0.5) is 43.9 Å². The van der Waals surface area contributed by atoms with Gasteiger partial charge in [0.1, 0.15) is 0 Å². The third kappa shape index (κ3) is 6.13. The molecule has 0 radical (unpaired) electrons. The number of benzene rings is 1. The summed E-state index contributed by atoms with van der Waals surface area (Å²) in [6.45, 7) is 0.199. The number of rotatable bonds is 9. The highest BCUT2D eigenvalue weighted by molar-refractivity contribution is 7.99. The Hall–Kier alpha value is -2.65. The molecule has 2 aromatic rings. The average Bonchev–Trinajstić information content (AvgIpc) is 3.15. The molecule has 196 valence electrons. The minimum Gasteiger partial charge on any atom is -0.483 e. The van der Waals surface area contributed by atoms with Crippen molar-refractivity contribution < 1.29 is 58.2 Å². The molecule has 0 aliphatic rings. The van der Waals surface area contributed by atoms with Crippen molar-refractivity contribution in [1.29, 1.82) is 0 Å². The van der Waals surface area contributed by atoms with Gasteiger partial charge in [-0.3, -0.25) is 0 Å². The predicted octanol–water partition coefficient (Wildman–Crippen LogP) is 6.39. The second-order valence-electron chi connectivity index (χ2n) is 6.69. The van der Waals surface area contributed by atoms with Gasteiger partial charge in [-0.2, -0.15) is 49.0 Å². The molecule has 0 bridgehead atoms. The summed E-state index contributed by atoms with van der Waals surface area (Å²) in [7, 11) is 0. The Balaban J connectivity index is 2.52. The van der Waals surface area contributed by atoms with Crippen LogP contribution in [0, 0.1) is 0 Å².